The summed E-state index contributed by atoms with van der Waals surface area (Å²) in [4.78, 5) is 13.8. The maximum absolute atomic E-state index is 11.9. The van der Waals surface area contributed by atoms with Gasteiger partial charge in [-0.2, -0.15) is 0 Å². The van der Waals surface area contributed by atoms with Crippen molar-refractivity contribution in [3.8, 4) is 0 Å². The van der Waals surface area contributed by atoms with Gasteiger partial charge in [0.1, 0.15) is 0 Å². The summed E-state index contributed by atoms with van der Waals surface area (Å²) in [5.41, 5.74) is 9.21. The van der Waals surface area contributed by atoms with Crippen LogP contribution in [0.25, 0.3) is 0 Å². The van der Waals surface area contributed by atoms with E-state index in [0.717, 1.165) is 25.1 Å². The third-order valence-corrected chi connectivity index (χ3v) is 3.01. The van der Waals surface area contributed by atoms with Gasteiger partial charge in [0.2, 0.25) is 5.91 Å². The Morgan fingerprint density at radius 3 is 2.94 bits per heavy atom. The van der Waals surface area contributed by atoms with Gasteiger partial charge in [0.05, 0.1) is 6.04 Å². The van der Waals surface area contributed by atoms with E-state index in [4.69, 9.17) is 5.73 Å². The highest BCUT2D eigenvalue weighted by molar-refractivity contribution is 5.97. The third-order valence-electron chi connectivity index (χ3n) is 3.01. The summed E-state index contributed by atoms with van der Waals surface area (Å²) in [6, 6.07) is 5.82. The van der Waals surface area contributed by atoms with Crippen LogP contribution in [0.4, 0.5) is 5.69 Å². The van der Waals surface area contributed by atoms with Crippen molar-refractivity contribution in [3.63, 3.8) is 0 Å². The molecule has 1 amide bonds. The van der Waals surface area contributed by atoms with Gasteiger partial charge in [-0.05, 0) is 38.3 Å². The molecule has 1 aliphatic rings. The van der Waals surface area contributed by atoms with E-state index in [2.05, 4.69) is 13.0 Å². The van der Waals surface area contributed by atoms with Gasteiger partial charge < -0.3 is 10.6 Å². The van der Waals surface area contributed by atoms with E-state index in [1.165, 1.54) is 11.1 Å². The van der Waals surface area contributed by atoms with Crippen molar-refractivity contribution in [2.75, 3.05) is 11.4 Å². The maximum atomic E-state index is 11.9. The first kappa shape index (κ1) is 11.1. The van der Waals surface area contributed by atoms with Gasteiger partial charge in [0, 0.05) is 12.2 Å². The lowest BCUT2D eigenvalue weighted by molar-refractivity contribution is -0.119. The van der Waals surface area contributed by atoms with Crippen LogP contribution in [0.2, 0.25) is 0 Å². The maximum Gasteiger partial charge on any atom is 0.243 e. The van der Waals surface area contributed by atoms with Gasteiger partial charge in [-0.3, -0.25) is 4.79 Å². The van der Waals surface area contributed by atoms with Crippen LogP contribution < -0.4 is 10.6 Å². The zero-order valence-electron chi connectivity index (χ0n) is 9.86. The van der Waals surface area contributed by atoms with E-state index in [-0.39, 0.29) is 5.91 Å². The number of nitrogens with zero attached hydrogens (tertiary/aromatic N) is 1. The second kappa shape index (κ2) is 4.26. The van der Waals surface area contributed by atoms with E-state index in [1.807, 2.05) is 17.0 Å². The molecule has 1 aromatic carbocycles. The van der Waals surface area contributed by atoms with Crippen molar-refractivity contribution in [3.05, 3.63) is 29.3 Å². The molecule has 1 heterocycles. The van der Waals surface area contributed by atoms with Crippen molar-refractivity contribution in [1.82, 2.24) is 0 Å². The summed E-state index contributed by atoms with van der Waals surface area (Å²) < 4.78 is 0. The quantitative estimate of drug-likeness (QED) is 0.778. The number of anilines is 1. The molecular formula is C13H18N2O. The topological polar surface area (TPSA) is 46.3 Å². The van der Waals surface area contributed by atoms with Gasteiger partial charge in [-0.25, -0.2) is 0 Å². The first-order valence-corrected chi connectivity index (χ1v) is 5.76. The number of nitrogens with two attached hydrogens (primary N) is 1. The predicted octanol–water partition coefficient (Wildman–Crippen LogP) is 1.62. The number of rotatable bonds is 1. The molecule has 2 rings (SSSR count). The lowest BCUT2D eigenvalue weighted by Gasteiger charge is -2.31. The highest BCUT2D eigenvalue weighted by atomic mass is 16.2. The molecule has 0 radical (unpaired) electrons. The lowest BCUT2D eigenvalue weighted by atomic mass is 9.99. The normalized spacial score (nSPS) is 16.8. The summed E-state index contributed by atoms with van der Waals surface area (Å²) in [6.07, 6.45) is 2.08. The molecule has 86 valence electrons. The molecule has 16 heavy (non-hydrogen) atoms. The highest BCUT2D eigenvalue weighted by Crippen LogP contribution is 2.28. The number of hydrogen-bond donors (Lipinski definition) is 1. The predicted molar refractivity (Wildman–Crippen MR) is 65.5 cm³/mol. The number of hydrogen-bond acceptors (Lipinski definition) is 2. The molecule has 3 nitrogen and oxygen atoms in total. The van der Waals surface area contributed by atoms with E-state index in [1.54, 1.807) is 6.92 Å². The third kappa shape index (κ3) is 1.95. The van der Waals surface area contributed by atoms with Crippen LogP contribution in [0.15, 0.2) is 18.2 Å². The number of amides is 1. The molecule has 0 aliphatic carbocycles. The van der Waals surface area contributed by atoms with Gasteiger partial charge in [0.25, 0.3) is 0 Å². The fraction of sp³-hybridized carbons (Fsp3) is 0.462. The fourth-order valence-corrected chi connectivity index (χ4v) is 2.20. The molecule has 0 saturated carbocycles. The Bertz CT molecular complexity index is 412. The Kier molecular flexibility index (Phi) is 2.97. The number of benzene rings is 1. The zero-order chi connectivity index (χ0) is 11.7. The van der Waals surface area contributed by atoms with Crippen LogP contribution in [0, 0.1) is 6.92 Å². The Hall–Kier alpha value is -1.35. The second-order valence-corrected chi connectivity index (χ2v) is 4.51. The highest BCUT2D eigenvalue weighted by Gasteiger charge is 2.24. The minimum atomic E-state index is -0.424. The Morgan fingerprint density at radius 1 is 1.50 bits per heavy atom. The van der Waals surface area contributed by atoms with E-state index in [9.17, 15) is 4.79 Å². The number of carbonyl (C=O) groups is 1. The second-order valence-electron chi connectivity index (χ2n) is 4.51. The van der Waals surface area contributed by atoms with Crippen molar-refractivity contribution >= 4 is 11.6 Å². The van der Waals surface area contributed by atoms with Gasteiger partial charge in [0.15, 0.2) is 0 Å². The Morgan fingerprint density at radius 2 is 2.25 bits per heavy atom. The van der Waals surface area contributed by atoms with Crippen molar-refractivity contribution in [2.45, 2.75) is 32.7 Å². The number of carbonyl (C=O) groups excluding carboxylic acids is 1. The van der Waals surface area contributed by atoms with Crippen molar-refractivity contribution in [2.24, 2.45) is 5.73 Å². The Balaban J connectivity index is 2.37. The first-order chi connectivity index (χ1) is 7.59. The lowest BCUT2D eigenvalue weighted by Crippen LogP contribution is -2.44. The van der Waals surface area contributed by atoms with Crippen LogP contribution in [-0.4, -0.2) is 18.5 Å². The minimum Gasteiger partial charge on any atom is -0.320 e. The summed E-state index contributed by atoms with van der Waals surface area (Å²) in [7, 11) is 0. The standard InChI is InChI=1S/C13H18N2O/c1-9-5-6-12-11(8-9)4-3-7-15(12)13(16)10(2)14/h5-6,8,10H,3-4,7,14H2,1-2H3/t10-/m1/s1. The van der Waals surface area contributed by atoms with E-state index >= 15 is 0 Å². The first-order valence-electron chi connectivity index (χ1n) is 5.76. The molecule has 1 atom stereocenters. The van der Waals surface area contributed by atoms with E-state index < -0.39 is 6.04 Å². The average Bonchev–Trinajstić information content (AvgIpc) is 2.26. The molecule has 1 aliphatic heterocycles. The number of fused-ring (bicyclic) bond motifs is 1. The largest absolute Gasteiger partial charge is 0.320 e. The Labute approximate surface area is 96.2 Å². The van der Waals surface area contributed by atoms with Crippen LogP contribution in [0.3, 0.4) is 0 Å². The van der Waals surface area contributed by atoms with Gasteiger partial charge >= 0.3 is 0 Å². The van der Waals surface area contributed by atoms with Crippen molar-refractivity contribution < 1.29 is 4.79 Å². The smallest absolute Gasteiger partial charge is 0.243 e. The minimum absolute atomic E-state index is 0.0183. The van der Waals surface area contributed by atoms with E-state index in [0.29, 0.717) is 0 Å². The molecule has 3 heteroatoms. The molecule has 2 N–H and O–H groups in total. The van der Waals surface area contributed by atoms with Gasteiger partial charge in [-0.1, -0.05) is 17.7 Å². The molecule has 1 aromatic rings. The van der Waals surface area contributed by atoms with Crippen LogP contribution >= 0.6 is 0 Å². The number of aryl methyl sites for hydroxylation is 2. The summed E-state index contributed by atoms with van der Waals surface area (Å²) >= 11 is 0. The molecular weight excluding hydrogens is 200 g/mol. The van der Waals surface area contributed by atoms with Crippen molar-refractivity contribution in [1.29, 1.82) is 0 Å². The zero-order valence-corrected chi connectivity index (χ0v) is 9.86. The molecule has 0 bridgehead atoms. The molecule has 0 saturated heterocycles. The molecule has 0 unspecified atom stereocenters. The van der Waals surface area contributed by atoms with Crippen LogP contribution in [-0.2, 0) is 11.2 Å². The SMILES string of the molecule is Cc1ccc2c(c1)CCCN2C(=O)[C@@H](C)N. The molecule has 0 fully saturated rings. The summed E-state index contributed by atoms with van der Waals surface area (Å²) in [5, 5.41) is 0. The molecule has 0 aromatic heterocycles. The summed E-state index contributed by atoms with van der Waals surface area (Å²) in [5.74, 6) is 0.0183. The summed E-state index contributed by atoms with van der Waals surface area (Å²) in [6.45, 7) is 4.61. The van der Waals surface area contributed by atoms with Crippen LogP contribution in [0.5, 0.6) is 0 Å². The average molecular weight is 218 g/mol. The van der Waals surface area contributed by atoms with Gasteiger partial charge in [-0.15, -0.1) is 0 Å². The molecule has 0 spiro atoms. The fourth-order valence-electron chi connectivity index (χ4n) is 2.20. The van der Waals surface area contributed by atoms with Crippen LogP contribution in [0.1, 0.15) is 24.5 Å². The monoisotopic (exact) mass is 218 g/mol.